The molecule has 5 nitrogen and oxygen atoms in total. The molecule has 0 spiro atoms. The van der Waals surface area contributed by atoms with E-state index in [0.717, 1.165) is 29.4 Å². The van der Waals surface area contributed by atoms with Crippen LogP contribution in [-0.2, 0) is 0 Å². The maximum absolute atomic E-state index is 12.0. The van der Waals surface area contributed by atoms with E-state index in [-0.39, 0.29) is 6.03 Å². The lowest BCUT2D eigenvalue weighted by Crippen LogP contribution is -2.39. The van der Waals surface area contributed by atoms with Gasteiger partial charge in [-0.1, -0.05) is 31.4 Å². The van der Waals surface area contributed by atoms with Crippen LogP contribution in [0.1, 0.15) is 32.1 Å². The summed E-state index contributed by atoms with van der Waals surface area (Å²) in [6, 6.07) is 5.93. The van der Waals surface area contributed by atoms with Gasteiger partial charge in [0.1, 0.15) is 0 Å². The number of benzene rings is 1. The molecule has 1 heterocycles. The van der Waals surface area contributed by atoms with E-state index >= 15 is 0 Å². The van der Waals surface area contributed by atoms with Crippen LogP contribution in [0.4, 0.5) is 10.5 Å². The van der Waals surface area contributed by atoms with E-state index in [1.54, 1.807) is 6.20 Å². The van der Waals surface area contributed by atoms with Gasteiger partial charge in [-0.25, -0.2) is 4.79 Å². The minimum Gasteiger partial charge on any atom is -0.335 e. The Morgan fingerprint density at radius 3 is 2.95 bits per heavy atom. The molecule has 1 aliphatic carbocycles. The van der Waals surface area contributed by atoms with E-state index in [2.05, 4.69) is 20.8 Å². The molecule has 0 unspecified atom stereocenters. The Balaban J connectivity index is 1.67. The van der Waals surface area contributed by atoms with Gasteiger partial charge < -0.3 is 10.6 Å². The summed E-state index contributed by atoms with van der Waals surface area (Å²) in [6.07, 6.45) is 7.62. The Morgan fingerprint density at radius 1 is 1.26 bits per heavy atom. The van der Waals surface area contributed by atoms with Crippen LogP contribution in [0.3, 0.4) is 0 Å². The summed E-state index contributed by atoms with van der Waals surface area (Å²) in [6.45, 7) is 0. The summed E-state index contributed by atoms with van der Waals surface area (Å²) in [4.78, 5) is 12.0. The molecule has 0 atom stereocenters. The fraction of sp³-hybridized carbons (Fsp3) is 0.429. The van der Waals surface area contributed by atoms with Crippen LogP contribution in [0.5, 0.6) is 0 Å². The highest BCUT2D eigenvalue weighted by molar-refractivity contribution is 5.99. The number of amides is 2. The third-order valence-electron chi connectivity index (χ3n) is 3.67. The second kappa shape index (κ2) is 5.30. The van der Waals surface area contributed by atoms with Gasteiger partial charge in [-0.2, -0.15) is 5.10 Å². The van der Waals surface area contributed by atoms with Crippen LogP contribution in [0.2, 0.25) is 0 Å². The number of nitrogens with zero attached hydrogens (tertiary/aromatic N) is 1. The number of aromatic nitrogens is 2. The van der Waals surface area contributed by atoms with Gasteiger partial charge >= 0.3 is 6.03 Å². The molecule has 1 fully saturated rings. The van der Waals surface area contributed by atoms with Crippen molar-refractivity contribution in [2.45, 2.75) is 38.1 Å². The second-order valence-electron chi connectivity index (χ2n) is 5.07. The first-order valence-corrected chi connectivity index (χ1v) is 6.82. The maximum Gasteiger partial charge on any atom is 0.319 e. The van der Waals surface area contributed by atoms with Gasteiger partial charge in [0.25, 0.3) is 0 Å². The zero-order chi connectivity index (χ0) is 13.1. The molecule has 0 saturated heterocycles. The van der Waals surface area contributed by atoms with Crippen molar-refractivity contribution in [2.24, 2.45) is 0 Å². The number of anilines is 1. The molecule has 5 heteroatoms. The lowest BCUT2D eigenvalue weighted by atomic mass is 9.96. The average Bonchev–Trinajstić information content (AvgIpc) is 2.89. The van der Waals surface area contributed by atoms with Crippen molar-refractivity contribution in [3.63, 3.8) is 0 Å². The molecule has 0 radical (unpaired) electrons. The molecule has 1 aromatic carbocycles. The van der Waals surface area contributed by atoms with E-state index in [1.165, 1.54) is 19.3 Å². The Bertz CT molecular complexity index is 572. The van der Waals surface area contributed by atoms with Crippen molar-refractivity contribution in [3.8, 4) is 0 Å². The highest BCUT2D eigenvalue weighted by atomic mass is 16.2. The molecule has 1 aliphatic rings. The van der Waals surface area contributed by atoms with Crippen LogP contribution in [0.25, 0.3) is 10.9 Å². The first-order valence-electron chi connectivity index (χ1n) is 6.82. The Hall–Kier alpha value is -2.04. The van der Waals surface area contributed by atoms with Crippen LogP contribution in [0, 0.1) is 0 Å². The number of rotatable bonds is 2. The highest BCUT2D eigenvalue weighted by Gasteiger charge is 2.16. The number of aromatic amines is 1. The predicted molar refractivity (Wildman–Crippen MR) is 75.1 cm³/mol. The summed E-state index contributed by atoms with van der Waals surface area (Å²) in [5, 5.41) is 13.8. The number of carbonyl (C=O) groups is 1. The topological polar surface area (TPSA) is 69.8 Å². The largest absolute Gasteiger partial charge is 0.335 e. The molecular formula is C14H18N4O. The van der Waals surface area contributed by atoms with Crippen molar-refractivity contribution in [2.75, 3.05) is 5.32 Å². The number of fused-ring (bicyclic) bond motifs is 1. The Labute approximate surface area is 111 Å². The van der Waals surface area contributed by atoms with E-state index in [1.807, 2.05) is 18.2 Å². The van der Waals surface area contributed by atoms with Crippen molar-refractivity contribution in [3.05, 3.63) is 24.4 Å². The summed E-state index contributed by atoms with van der Waals surface area (Å²) < 4.78 is 0. The molecule has 2 amide bonds. The summed E-state index contributed by atoms with van der Waals surface area (Å²) in [5.74, 6) is 0. The zero-order valence-corrected chi connectivity index (χ0v) is 10.8. The number of carbonyl (C=O) groups excluding carboxylic acids is 1. The van der Waals surface area contributed by atoms with Crippen molar-refractivity contribution in [1.82, 2.24) is 15.5 Å². The molecule has 19 heavy (non-hydrogen) atoms. The fourth-order valence-electron chi connectivity index (χ4n) is 2.66. The molecule has 100 valence electrons. The van der Waals surface area contributed by atoms with Crippen LogP contribution >= 0.6 is 0 Å². The van der Waals surface area contributed by atoms with Crippen molar-refractivity contribution in [1.29, 1.82) is 0 Å². The quantitative estimate of drug-likeness (QED) is 0.775. The molecule has 0 aliphatic heterocycles. The third kappa shape index (κ3) is 2.70. The molecule has 0 bridgehead atoms. The van der Waals surface area contributed by atoms with Gasteiger partial charge in [-0.3, -0.25) is 5.10 Å². The number of hydrogen-bond acceptors (Lipinski definition) is 2. The Kier molecular flexibility index (Phi) is 3.35. The minimum atomic E-state index is -0.131. The first-order chi connectivity index (χ1) is 9.33. The van der Waals surface area contributed by atoms with Crippen molar-refractivity contribution >= 4 is 22.6 Å². The van der Waals surface area contributed by atoms with E-state index in [4.69, 9.17) is 0 Å². The average molecular weight is 258 g/mol. The van der Waals surface area contributed by atoms with E-state index < -0.39 is 0 Å². The highest BCUT2D eigenvalue weighted by Crippen LogP contribution is 2.21. The van der Waals surface area contributed by atoms with E-state index in [9.17, 15) is 4.79 Å². The molecule has 3 N–H and O–H groups in total. The smallest absolute Gasteiger partial charge is 0.319 e. The van der Waals surface area contributed by atoms with Crippen LogP contribution in [-0.4, -0.2) is 22.3 Å². The lowest BCUT2D eigenvalue weighted by molar-refractivity contribution is 0.244. The summed E-state index contributed by atoms with van der Waals surface area (Å²) in [5.41, 5.74) is 1.63. The maximum atomic E-state index is 12.0. The first kappa shape index (κ1) is 12.0. The summed E-state index contributed by atoms with van der Waals surface area (Å²) in [7, 11) is 0. The lowest BCUT2D eigenvalue weighted by Gasteiger charge is -2.22. The van der Waals surface area contributed by atoms with Gasteiger partial charge in [-0.15, -0.1) is 0 Å². The van der Waals surface area contributed by atoms with Gasteiger partial charge in [-0.05, 0) is 18.9 Å². The van der Waals surface area contributed by atoms with Crippen LogP contribution < -0.4 is 10.6 Å². The third-order valence-corrected chi connectivity index (χ3v) is 3.67. The predicted octanol–water partition coefficient (Wildman–Crippen LogP) is 3.02. The monoisotopic (exact) mass is 258 g/mol. The SMILES string of the molecule is O=C(Nc1cccc2cn[nH]c12)NC1CCCCC1. The van der Waals surface area contributed by atoms with Crippen molar-refractivity contribution < 1.29 is 4.79 Å². The van der Waals surface area contributed by atoms with Gasteiger partial charge in [0, 0.05) is 11.4 Å². The molecule has 1 saturated carbocycles. The second-order valence-corrected chi connectivity index (χ2v) is 5.07. The minimum absolute atomic E-state index is 0.131. The summed E-state index contributed by atoms with van der Waals surface area (Å²) >= 11 is 0. The number of nitrogens with one attached hydrogen (secondary N) is 3. The van der Waals surface area contributed by atoms with E-state index in [0.29, 0.717) is 6.04 Å². The number of hydrogen-bond donors (Lipinski definition) is 3. The standard InChI is InChI=1S/C14H18N4O/c19-14(16-11-6-2-1-3-7-11)17-12-8-4-5-10-9-15-18-13(10)12/h4-5,8-9,11H,1-3,6-7H2,(H,15,18)(H2,16,17,19). The number of urea groups is 1. The molecule has 3 rings (SSSR count). The molecular weight excluding hydrogens is 240 g/mol. The van der Waals surface area contributed by atoms with Gasteiger partial charge in [0.2, 0.25) is 0 Å². The zero-order valence-electron chi connectivity index (χ0n) is 10.8. The van der Waals surface area contributed by atoms with Gasteiger partial charge in [0.15, 0.2) is 0 Å². The number of H-pyrrole nitrogens is 1. The molecule has 2 aromatic rings. The van der Waals surface area contributed by atoms with Gasteiger partial charge in [0.05, 0.1) is 17.4 Å². The molecule has 1 aromatic heterocycles. The normalized spacial score (nSPS) is 16.4. The van der Waals surface area contributed by atoms with Crippen LogP contribution in [0.15, 0.2) is 24.4 Å². The Morgan fingerprint density at radius 2 is 2.11 bits per heavy atom. The number of para-hydroxylation sites is 1. The fourth-order valence-corrected chi connectivity index (χ4v) is 2.66.